The minimum atomic E-state index is -0.714. The van der Waals surface area contributed by atoms with Gasteiger partial charge in [0.1, 0.15) is 6.10 Å². The van der Waals surface area contributed by atoms with E-state index in [2.05, 4.69) is 0 Å². The highest BCUT2D eigenvalue weighted by atomic mass is 16.7. The Bertz CT molecular complexity index is 255. The highest BCUT2D eigenvalue weighted by Crippen LogP contribution is 2.53. The minimum absolute atomic E-state index is 0.0509. The van der Waals surface area contributed by atoms with Crippen LogP contribution in [0.2, 0.25) is 0 Å². The summed E-state index contributed by atoms with van der Waals surface area (Å²) in [5, 5.41) is 9.94. The van der Waals surface area contributed by atoms with Crippen molar-refractivity contribution in [3.63, 3.8) is 0 Å². The van der Waals surface area contributed by atoms with Gasteiger partial charge in [-0.15, -0.1) is 0 Å². The third kappa shape index (κ3) is 1.03. The SMILES string of the molecule is CC12OCC3CCCCC3(CC1O)O2. The van der Waals surface area contributed by atoms with E-state index in [0.717, 1.165) is 19.4 Å². The lowest BCUT2D eigenvalue weighted by Gasteiger charge is -2.46. The first-order chi connectivity index (χ1) is 6.65. The van der Waals surface area contributed by atoms with E-state index in [1.54, 1.807) is 0 Å². The largest absolute Gasteiger partial charge is 0.387 e. The fourth-order valence-corrected chi connectivity index (χ4v) is 3.34. The van der Waals surface area contributed by atoms with Gasteiger partial charge in [-0.05, 0) is 19.8 Å². The third-order valence-electron chi connectivity index (χ3n) is 4.27. The van der Waals surface area contributed by atoms with E-state index < -0.39 is 11.9 Å². The standard InChI is InChI=1S/C11H18O3/c1-10-9(12)6-11(14-10)5-3-2-4-8(11)7-13-10/h8-9,12H,2-7H2,1H3. The molecule has 3 aliphatic rings. The minimum Gasteiger partial charge on any atom is -0.387 e. The van der Waals surface area contributed by atoms with Crippen LogP contribution in [0, 0.1) is 5.92 Å². The Kier molecular flexibility index (Phi) is 1.77. The molecule has 3 fully saturated rings. The first-order valence-electron chi connectivity index (χ1n) is 5.67. The monoisotopic (exact) mass is 198 g/mol. The molecular formula is C11H18O3. The van der Waals surface area contributed by atoms with Gasteiger partial charge in [-0.2, -0.15) is 0 Å². The number of hydrogen-bond acceptors (Lipinski definition) is 3. The molecule has 0 radical (unpaired) electrons. The zero-order valence-electron chi connectivity index (χ0n) is 8.66. The molecule has 80 valence electrons. The fourth-order valence-electron chi connectivity index (χ4n) is 3.34. The van der Waals surface area contributed by atoms with Gasteiger partial charge in [-0.3, -0.25) is 0 Å². The Hall–Kier alpha value is -0.120. The number of aliphatic hydroxyl groups is 1. The maximum atomic E-state index is 9.94. The van der Waals surface area contributed by atoms with Crippen molar-refractivity contribution in [3.8, 4) is 0 Å². The molecule has 14 heavy (non-hydrogen) atoms. The van der Waals surface area contributed by atoms with E-state index in [1.807, 2.05) is 6.92 Å². The molecule has 3 heteroatoms. The second kappa shape index (κ2) is 2.71. The fraction of sp³-hybridized carbons (Fsp3) is 1.00. The van der Waals surface area contributed by atoms with Gasteiger partial charge in [0.15, 0.2) is 5.79 Å². The van der Waals surface area contributed by atoms with Crippen molar-refractivity contribution >= 4 is 0 Å². The first-order valence-corrected chi connectivity index (χ1v) is 5.67. The van der Waals surface area contributed by atoms with Gasteiger partial charge >= 0.3 is 0 Å². The van der Waals surface area contributed by atoms with Gasteiger partial charge in [0.2, 0.25) is 0 Å². The number of hydrogen-bond donors (Lipinski definition) is 1. The zero-order chi connectivity index (χ0) is 9.81. The summed E-state index contributed by atoms with van der Waals surface area (Å²) < 4.78 is 11.7. The maximum Gasteiger partial charge on any atom is 0.192 e. The molecular weight excluding hydrogens is 180 g/mol. The average molecular weight is 198 g/mol. The quantitative estimate of drug-likeness (QED) is 0.640. The number of rotatable bonds is 0. The molecule has 1 saturated carbocycles. The Labute approximate surface area is 84.4 Å². The summed E-state index contributed by atoms with van der Waals surface area (Å²) >= 11 is 0. The molecule has 2 saturated heterocycles. The topological polar surface area (TPSA) is 38.7 Å². The van der Waals surface area contributed by atoms with Crippen LogP contribution in [0.25, 0.3) is 0 Å². The molecule has 2 heterocycles. The predicted molar refractivity (Wildman–Crippen MR) is 50.8 cm³/mol. The Morgan fingerprint density at radius 2 is 2.21 bits per heavy atom. The van der Waals surface area contributed by atoms with Crippen molar-refractivity contribution in [2.24, 2.45) is 5.92 Å². The zero-order valence-corrected chi connectivity index (χ0v) is 8.66. The van der Waals surface area contributed by atoms with Crippen LogP contribution in [0.3, 0.4) is 0 Å². The van der Waals surface area contributed by atoms with E-state index in [-0.39, 0.29) is 5.60 Å². The molecule has 0 amide bonds. The van der Waals surface area contributed by atoms with Crippen molar-refractivity contribution in [1.29, 1.82) is 0 Å². The van der Waals surface area contributed by atoms with Crippen LogP contribution >= 0.6 is 0 Å². The van der Waals surface area contributed by atoms with Crippen molar-refractivity contribution in [2.75, 3.05) is 6.61 Å². The highest BCUT2D eigenvalue weighted by Gasteiger charge is 2.61. The van der Waals surface area contributed by atoms with Gasteiger partial charge in [0.25, 0.3) is 0 Å². The molecule has 1 N–H and O–H groups in total. The first kappa shape index (κ1) is 9.13. The Morgan fingerprint density at radius 1 is 1.36 bits per heavy atom. The number of fused-ring (bicyclic) bond motifs is 1. The van der Waals surface area contributed by atoms with Crippen LogP contribution in [0.5, 0.6) is 0 Å². The van der Waals surface area contributed by atoms with Gasteiger partial charge in [0.05, 0.1) is 12.2 Å². The van der Waals surface area contributed by atoms with Crippen LogP contribution in [-0.4, -0.2) is 29.2 Å². The summed E-state index contributed by atoms with van der Waals surface area (Å²) in [7, 11) is 0. The molecule has 3 rings (SSSR count). The van der Waals surface area contributed by atoms with E-state index in [1.165, 1.54) is 19.3 Å². The molecule has 2 bridgehead atoms. The summed E-state index contributed by atoms with van der Waals surface area (Å²) in [5.41, 5.74) is -0.0509. The van der Waals surface area contributed by atoms with Gasteiger partial charge in [0, 0.05) is 12.3 Å². The van der Waals surface area contributed by atoms with E-state index in [0.29, 0.717) is 5.92 Å². The van der Waals surface area contributed by atoms with Crippen molar-refractivity contribution in [1.82, 2.24) is 0 Å². The number of ether oxygens (including phenoxy) is 2. The molecule has 1 spiro atoms. The predicted octanol–water partition coefficient (Wildman–Crippen LogP) is 1.44. The summed E-state index contributed by atoms with van der Waals surface area (Å²) in [5.74, 6) is -0.199. The van der Waals surface area contributed by atoms with Crippen molar-refractivity contribution in [2.45, 2.75) is 56.5 Å². The highest BCUT2D eigenvalue weighted by molar-refractivity contribution is 5.05. The second-order valence-electron chi connectivity index (χ2n) is 5.16. The molecule has 0 aromatic carbocycles. The normalized spacial score (nSPS) is 57.0. The number of aliphatic hydroxyl groups excluding tert-OH is 1. The summed E-state index contributed by atoms with van der Waals surface area (Å²) in [6.45, 7) is 2.64. The van der Waals surface area contributed by atoms with Gasteiger partial charge < -0.3 is 14.6 Å². The van der Waals surface area contributed by atoms with Gasteiger partial charge in [-0.1, -0.05) is 12.8 Å². The lowest BCUT2D eigenvalue weighted by Crippen LogP contribution is -2.51. The van der Waals surface area contributed by atoms with Crippen molar-refractivity contribution in [3.05, 3.63) is 0 Å². The lowest BCUT2D eigenvalue weighted by molar-refractivity contribution is -0.322. The Balaban J connectivity index is 1.93. The Morgan fingerprint density at radius 3 is 3.07 bits per heavy atom. The molecule has 2 aliphatic heterocycles. The van der Waals surface area contributed by atoms with Crippen LogP contribution in [-0.2, 0) is 9.47 Å². The molecule has 4 atom stereocenters. The summed E-state index contributed by atoms with van der Waals surface area (Å²) in [6.07, 6.45) is 5.15. The molecule has 4 unspecified atom stereocenters. The van der Waals surface area contributed by atoms with Gasteiger partial charge in [-0.25, -0.2) is 0 Å². The van der Waals surface area contributed by atoms with Crippen LogP contribution in [0.1, 0.15) is 39.0 Å². The molecule has 0 aromatic heterocycles. The average Bonchev–Trinajstić information content (AvgIpc) is 2.34. The van der Waals surface area contributed by atoms with Crippen molar-refractivity contribution < 1.29 is 14.6 Å². The lowest BCUT2D eigenvalue weighted by atomic mass is 9.74. The molecule has 1 aliphatic carbocycles. The molecule has 3 nitrogen and oxygen atoms in total. The summed E-state index contributed by atoms with van der Waals surface area (Å²) in [4.78, 5) is 0. The van der Waals surface area contributed by atoms with Crippen LogP contribution in [0.4, 0.5) is 0 Å². The maximum absolute atomic E-state index is 9.94. The van der Waals surface area contributed by atoms with Crippen LogP contribution < -0.4 is 0 Å². The molecule has 0 aromatic rings. The second-order valence-corrected chi connectivity index (χ2v) is 5.16. The van der Waals surface area contributed by atoms with Crippen LogP contribution in [0.15, 0.2) is 0 Å². The van der Waals surface area contributed by atoms with E-state index >= 15 is 0 Å². The smallest absolute Gasteiger partial charge is 0.192 e. The van der Waals surface area contributed by atoms with E-state index in [4.69, 9.17) is 9.47 Å². The third-order valence-corrected chi connectivity index (χ3v) is 4.27. The summed E-state index contributed by atoms with van der Waals surface area (Å²) in [6, 6.07) is 0. The van der Waals surface area contributed by atoms with E-state index in [9.17, 15) is 5.11 Å².